The molecule has 0 spiro atoms. The summed E-state index contributed by atoms with van der Waals surface area (Å²) in [6.07, 6.45) is 0.909. The maximum atomic E-state index is 13.7. The van der Waals surface area contributed by atoms with E-state index >= 15 is 0 Å². The van der Waals surface area contributed by atoms with Gasteiger partial charge in [0.15, 0.2) is 0 Å². The molecule has 0 bridgehead atoms. The summed E-state index contributed by atoms with van der Waals surface area (Å²) in [5, 5.41) is 15.1. The summed E-state index contributed by atoms with van der Waals surface area (Å²) in [7, 11) is 1.90. The number of nitrogens with zero attached hydrogens (tertiary/aromatic N) is 4. The Morgan fingerprint density at radius 3 is 2.54 bits per heavy atom. The molecule has 0 saturated carbocycles. The minimum atomic E-state index is -0.306. The molecular weight excluding hydrogens is 520 g/mol. The molecule has 0 unspecified atom stereocenters. The van der Waals surface area contributed by atoms with Crippen molar-refractivity contribution < 1.29 is 19.1 Å². The van der Waals surface area contributed by atoms with E-state index in [1.807, 2.05) is 81.0 Å². The molecule has 0 saturated heterocycles. The highest BCUT2D eigenvalue weighted by Crippen LogP contribution is 2.41. The number of hydrogen-bond donors (Lipinski definition) is 2. The maximum absolute atomic E-state index is 13.7. The highest BCUT2D eigenvalue weighted by Gasteiger charge is 2.29. The molecule has 10 nitrogen and oxygen atoms in total. The first-order valence-corrected chi connectivity index (χ1v) is 14.4. The lowest BCUT2D eigenvalue weighted by Gasteiger charge is -2.28. The number of carbonyl (C=O) groups is 2. The average Bonchev–Trinajstić information content (AvgIpc) is 3.36. The van der Waals surface area contributed by atoms with Crippen LogP contribution >= 0.6 is 0 Å². The molecule has 0 atom stereocenters. The zero-order valence-corrected chi connectivity index (χ0v) is 24.6. The molecule has 1 aliphatic heterocycles. The van der Waals surface area contributed by atoms with Gasteiger partial charge in [-0.1, -0.05) is 47.7 Å². The van der Waals surface area contributed by atoms with Crippen LogP contribution in [0.1, 0.15) is 45.6 Å². The number of nitrogens with one attached hydrogen (secondary N) is 2. The molecular formula is C31H42N6O4. The number of amides is 2. The fourth-order valence-corrected chi connectivity index (χ4v) is 5.03. The van der Waals surface area contributed by atoms with Gasteiger partial charge in [-0.05, 0) is 45.9 Å². The van der Waals surface area contributed by atoms with E-state index in [4.69, 9.17) is 9.47 Å². The van der Waals surface area contributed by atoms with E-state index in [1.54, 1.807) is 4.90 Å². The van der Waals surface area contributed by atoms with Gasteiger partial charge in [0.1, 0.15) is 5.69 Å². The SMILES string of the molecule is CCOC(C)(C)CCNC(=O)CCC(=O)N1Cc2ccccc2-c2c(nnn2CCOCCNC)-c2ccccc21. The van der Waals surface area contributed by atoms with E-state index in [9.17, 15) is 9.59 Å². The summed E-state index contributed by atoms with van der Waals surface area (Å²) in [5.41, 5.74) is 4.87. The normalized spacial score (nSPS) is 12.6. The van der Waals surface area contributed by atoms with Crippen LogP contribution in [-0.4, -0.2) is 72.4 Å². The molecule has 3 aromatic rings. The maximum Gasteiger partial charge on any atom is 0.227 e. The smallest absolute Gasteiger partial charge is 0.227 e. The van der Waals surface area contributed by atoms with Crippen molar-refractivity contribution in [1.82, 2.24) is 25.6 Å². The van der Waals surface area contributed by atoms with Gasteiger partial charge >= 0.3 is 0 Å². The second-order valence-corrected chi connectivity index (χ2v) is 10.7. The molecule has 2 N–H and O–H groups in total. The lowest BCUT2D eigenvalue weighted by atomic mass is 9.95. The zero-order valence-electron chi connectivity index (χ0n) is 24.6. The first-order chi connectivity index (χ1) is 19.8. The van der Waals surface area contributed by atoms with Crippen LogP contribution in [0.5, 0.6) is 0 Å². The molecule has 41 heavy (non-hydrogen) atoms. The Hall–Kier alpha value is -3.60. The van der Waals surface area contributed by atoms with E-state index in [0.717, 1.165) is 40.3 Å². The van der Waals surface area contributed by atoms with Crippen LogP contribution in [0.2, 0.25) is 0 Å². The summed E-state index contributed by atoms with van der Waals surface area (Å²) in [6.45, 7) is 9.94. The van der Waals surface area contributed by atoms with Crippen molar-refractivity contribution in [3.63, 3.8) is 0 Å². The Morgan fingerprint density at radius 2 is 1.76 bits per heavy atom. The molecule has 0 radical (unpaired) electrons. The van der Waals surface area contributed by atoms with Crippen LogP contribution in [0.4, 0.5) is 5.69 Å². The third-order valence-electron chi connectivity index (χ3n) is 7.18. The number of likely N-dealkylation sites (N-methyl/N-ethyl adjacent to an activating group) is 1. The summed E-state index contributed by atoms with van der Waals surface area (Å²) in [4.78, 5) is 28.0. The Bertz CT molecular complexity index is 1320. The van der Waals surface area contributed by atoms with Gasteiger partial charge in [0.25, 0.3) is 0 Å². The number of hydrogen-bond acceptors (Lipinski definition) is 7. The average molecular weight is 563 g/mol. The molecule has 4 rings (SSSR count). The number of benzene rings is 2. The highest BCUT2D eigenvalue weighted by atomic mass is 16.5. The Morgan fingerprint density at radius 1 is 1.00 bits per heavy atom. The van der Waals surface area contributed by atoms with E-state index in [0.29, 0.717) is 45.9 Å². The van der Waals surface area contributed by atoms with Crippen LogP contribution in [0, 0.1) is 0 Å². The van der Waals surface area contributed by atoms with Crippen molar-refractivity contribution in [3.05, 3.63) is 54.1 Å². The van der Waals surface area contributed by atoms with E-state index in [-0.39, 0.29) is 30.3 Å². The number of ether oxygens (including phenoxy) is 2. The third kappa shape index (κ3) is 7.78. The molecule has 220 valence electrons. The number of rotatable bonds is 14. The summed E-state index contributed by atoms with van der Waals surface area (Å²) in [6, 6.07) is 15.8. The van der Waals surface area contributed by atoms with Crippen LogP contribution in [-0.2, 0) is 32.2 Å². The molecule has 2 aromatic carbocycles. The Kier molecular flexibility index (Phi) is 10.6. The molecule has 10 heteroatoms. The van der Waals surface area contributed by atoms with E-state index in [2.05, 4.69) is 20.9 Å². The van der Waals surface area contributed by atoms with Crippen LogP contribution in [0.25, 0.3) is 22.5 Å². The molecule has 2 heterocycles. The van der Waals surface area contributed by atoms with Crippen LogP contribution in [0.3, 0.4) is 0 Å². The van der Waals surface area contributed by atoms with Gasteiger partial charge < -0.3 is 25.0 Å². The standard InChI is InChI=1S/C31H42N6O4/c1-5-41-31(2,3)16-17-33-27(38)14-15-28(39)36-22-23-10-6-7-11-24(23)30-29(25-12-8-9-13-26(25)36)34-35-37(30)19-21-40-20-18-32-4/h6-13,32H,5,14-22H2,1-4H3,(H,33,38). The number of carbonyl (C=O) groups excluding carboxylic acids is 2. The predicted molar refractivity (Wildman–Crippen MR) is 159 cm³/mol. The molecule has 0 aliphatic carbocycles. The predicted octanol–water partition coefficient (Wildman–Crippen LogP) is 3.80. The van der Waals surface area contributed by atoms with E-state index in [1.165, 1.54) is 0 Å². The van der Waals surface area contributed by atoms with Crippen molar-refractivity contribution in [3.8, 4) is 22.5 Å². The fraction of sp³-hybridized carbons (Fsp3) is 0.484. The van der Waals surface area contributed by atoms with Gasteiger partial charge in [0.05, 0.1) is 43.3 Å². The number of anilines is 1. The second-order valence-electron chi connectivity index (χ2n) is 10.7. The van der Waals surface area contributed by atoms with Crippen LogP contribution in [0.15, 0.2) is 48.5 Å². The minimum absolute atomic E-state index is 0.0979. The highest BCUT2D eigenvalue weighted by molar-refractivity contribution is 6.01. The number of para-hydroxylation sites is 1. The molecule has 0 fully saturated rings. The number of aromatic nitrogens is 3. The van der Waals surface area contributed by atoms with Gasteiger partial charge in [-0.25, -0.2) is 4.68 Å². The molecule has 1 aliphatic rings. The lowest BCUT2D eigenvalue weighted by Crippen LogP contribution is -2.35. The van der Waals surface area contributed by atoms with Crippen molar-refractivity contribution in [2.45, 2.75) is 58.7 Å². The summed E-state index contributed by atoms with van der Waals surface area (Å²) in [5.74, 6) is -0.264. The number of fused-ring (bicyclic) bond motifs is 5. The summed E-state index contributed by atoms with van der Waals surface area (Å²) < 4.78 is 13.3. The van der Waals surface area contributed by atoms with Crippen molar-refractivity contribution >= 4 is 17.5 Å². The monoisotopic (exact) mass is 562 g/mol. The largest absolute Gasteiger partial charge is 0.378 e. The molecule has 2 amide bonds. The second kappa shape index (κ2) is 14.3. The van der Waals surface area contributed by atoms with Crippen molar-refractivity contribution in [1.29, 1.82) is 0 Å². The fourth-order valence-electron chi connectivity index (χ4n) is 5.03. The van der Waals surface area contributed by atoms with Gasteiger partial charge in [-0.3, -0.25) is 9.59 Å². The lowest BCUT2D eigenvalue weighted by molar-refractivity contribution is -0.125. The van der Waals surface area contributed by atoms with Crippen molar-refractivity contribution in [2.75, 3.05) is 44.9 Å². The zero-order chi connectivity index (χ0) is 29.2. The minimum Gasteiger partial charge on any atom is -0.378 e. The van der Waals surface area contributed by atoms with Gasteiger partial charge in [0, 0.05) is 43.7 Å². The van der Waals surface area contributed by atoms with E-state index < -0.39 is 0 Å². The first-order valence-electron chi connectivity index (χ1n) is 14.4. The first kappa shape index (κ1) is 30.4. The molecule has 1 aromatic heterocycles. The van der Waals surface area contributed by atoms with Crippen molar-refractivity contribution in [2.24, 2.45) is 0 Å². The summed E-state index contributed by atoms with van der Waals surface area (Å²) >= 11 is 0. The van der Waals surface area contributed by atoms with Crippen LogP contribution < -0.4 is 15.5 Å². The Balaban J connectivity index is 1.54. The third-order valence-corrected chi connectivity index (χ3v) is 7.18. The topological polar surface area (TPSA) is 111 Å². The van der Waals surface area contributed by atoms with Gasteiger partial charge in [-0.15, -0.1) is 5.10 Å². The van der Waals surface area contributed by atoms with Gasteiger partial charge in [-0.2, -0.15) is 0 Å². The van der Waals surface area contributed by atoms with Gasteiger partial charge in [0.2, 0.25) is 11.8 Å². The quantitative estimate of drug-likeness (QED) is 0.288. The Labute approximate surface area is 242 Å².